The molecule has 5 nitrogen and oxygen atoms in total. The van der Waals surface area contributed by atoms with Gasteiger partial charge in [-0.15, -0.1) is 0 Å². The van der Waals surface area contributed by atoms with E-state index in [1.165, 1.54) is 0 Å². The van der Waals surface area contributed by atoms with Crippen LogP contribution in [0.5, 0.6) is 0 Å². The largest absolute Gasteiger partial charge is 0.375 e. The van der Waals surface area contributed by atoms with Crippen molar-refractivity contribution >= 4 is 5.91 Å². The number of methoxy groups -OCH3 is 1. The zero-order chi connectivity index (χ0) is 19.4. The van der Waals surface area contributed by atoms with E-state index in [4.69, 9.17) is 4.74 Å². The molecule has 1 fully saturated rings. The summed E-state index contributed by atoms with van der Waals surface area (Å²) >= 11 is 0. The lowest BCUT2D eigenvalue weighted by Crippen LogP contribution is -2.57. The molecular formula is C22H28N2O3. The highest BCUT2D eigenvalue weighted by atomic mass is 16.5. The van der Waals surface area contributed by atoms with Gasteiger partial charge in [0, 0.05) is 38.9 Å². The van der Waals surface area contributed by atoms with Crippen LogP contribution >= 0.6 is 0 Å². The number of aliphatic hydroxyl groups is 1. The van der Waals surface area contributed by atoms with Gasteiger partial charge in [-0.25, -0.2) is 0 Å². The van der Waals surface area contributed by atoms with Crippen LogP contribution in [-0.2, 0) is 4.74 Å². The Labute approximate surface area is 161 Å². The summed E-state index contributed by atoms with van der Waals surface area (Å²) in [6, 6.07) is 17.9. The molecule has 2 aromatic carbocycles. The average Bonchev–Trinajstić information content (AvgIpc) is 2.73. The Kier molecular flexibility index (Phi) is 5.95. The molecule has 1 amide bonds. The third kappa shape index (κ3) is 4.38. The predicted molar refractivity (Wildman–Crippen MR) is 106 cm³/mol. The predicted octanol–water partition coefficient (Wildman–Crippen LogP) is 2.85. The number of aliphatic hydroxyl groups excluding tert-OH is 1. The SMILES string of the molecule is COC(C)(C)C(O)N1CCN(C(=O)c2ccc(-c3ccccc3)cc2)CC1. The fourth-order valence-corrected chi connectivity index (χ4v) is 3.33. The molecular weight excluding hydrogens is 340 g/mol. The van der Waals surface area contributed by atoms with Gasteiger partial charge in [0.25, 0.3) is 5.91 Å². The van der Waals surface area contributed by atoms with Crippen molar-refractivity contribution in [3.05, 3.63) is 60.2 Å². The molecule has 0 aromatic heterocycles. The molecule has 0 saturated carbocycles. The van der Waals surface area contributed by atoms with Gasteiger partial charge in [-0.3, -0.25) is 9.69 Å². The molecule has 1 unspecified atom stereocenters. The fraction of sp³-hybridized carbons (Fsp3) is 0.409. The Balaban J connectivity index is 1.61. The summed E-state index contributed by atoms with van der Waals surface area (Å²) in [6.45, 7) is 6.17. The van der Waals surface area contributed by atoms with Crippen molar-refractivity contribution in [3.8, 4) is 11.1 Å². The minimum Gasteiger partial charge on any atom is -0.375 e. The van der Waals surface area contributed by atoms with Crippen molar-refractivity contribution in [3.63, 3.8) is 0 Å². The van der Waals surface area contributed by atoms with E-state index in [0.29, 0.717) is 31.7 Å². The van der Waals surface area contributed by atoms with Crippen LogP contribution < -0.4 is 0 Å². The van der Waals surface area contributed by atoms with E-state index in [9.17, 15) is 9.90 Å². The topological polar surface area (TPSA) is 53.0 Å². The van der Waals surface area contributed by atoms with Gasteiger partial charge in [0.05, 0.1) is 0 Å². The molecule has 1 aliphatic rings. The number of carbonyl (C=O) groups is 1. The number of benzene rings is 2. The number of carbonyl (C=O) groups excluding carboxylic acids is 1. The van der Waals surface area contributed by atoms with Gasteiger partial charge in [-0.2, -0.15) is 0 Å². The zero-order valence-electron chi connectivity index (χ0n) is 16.3. The van der Waals surface area contributed by atoms with E-state index in [1.807, 2.05) is 66.1 Å². The lowest BCUT2D eigenvalue weighted by molar-refractivity contribution is -0.154. The van der Waals surface area contributed by atoms with E-state index in [-0.39, 0.29) is 5.91 Å². The maximum Gasteiger partial charge on any atom is 0.253 e. The lowest BCUT2D eigenvalue weighted by atomic mass is 10.0. The number of hydrogen-bond acceptors (Lipinski definition) is 4. The highest BCUT2D eigenvalue weighted by molar-refractivity contribution is 5.94. The van der Waals surface area contributed by atoms with Crippen molar-refractivity contribution < 1.29 is 14.6 Å². The first-order valence-electron chi connectivity index (χ1n) is 9.34. The van der Waals surface area contributed by atoms with Gasteiger partial charge >= 0.3 is 0 Å². The first kappa shape index (κ1) is 19.5. The smallest absolute Gasteiger partial charge is 0.253 e. The molecule has 5 heteroatoms. The van der Waals surface area contributed by atoms with Gasteiger partial charge in [0.1, 0.15) is 11.8 Å². The summed E-state index contributed by atoms with van der Waals surface area (Å²) < 4.78 is 5.37. The first-order valence-corrected chi connectivity index (χ1v) is 9.34. The van der Waals surface area contributed by atoms with Crippen LogP contribution in [0.2, 0.25) is 0 Å². The Bertz CT molecular complexity index is 751. The third-order valence-electron chi connectivity index (χ3n) is 5.33. The summed E-state index contributed by atoms with van der Waals surface area (Å²) in [5.41, 5.74) is 2.29. The summed E-state index contributed by atoms with van der Waals surface area (Å²) in [5.74, 6) is 0.0368. The van der Waals surface area contributed by atoms with Gasteiger partial charge in [-0.05, 0) is 37.1 Å². The monoisotopic (exact) mass is 368 g/mol. The highest BCUT2D eigenvalue weighted by Gasteiger charge is 2.35. The van der Waals surface area contributed by atoms with E-state index in [1.54, 1.807) is 7.11 Å². The second kappa shape index (κ2) is 8.21. The van der Waals surface area contributed by atoms with Gasteiger partial charge in [0.15, 0.2) is 0 Å². The maximum atomic E-state index is 12.8. The Morgan fingerprint density at radius 2 is 1.52 bits per heavy atom. The number of piperazine rings is 1. The third-order valence-corrected chi connectivity index (χ3v) is 5.33. The van der Waals surface area contributed by atoms with Crippen LogP contribution in [0.1, 0.15) is 24.2 Å². The number of rotatable bonds is 5. The molecule has 1 atom stereocenters. The Morgan fingerprint density at radius 1 is 0.963 bits per heavy atom. The Hall–Kier alpha value is -2.21. The standard InChI is InChI=1S/C22H28N2O3/c1-22(2,27-3)21(26)24-15-13-23(14-16-24)20(25)19-11-9-18(10-12-19)17-7-5-4-6-8-17/h4-12,21,26H,13-16H2,1-3H3. The molecule has 0 radical (unpaired) electrons. The summed E-state index contributed by atoms with van der Waals surface area (Å²) in [7, 11) is 1.60. The molecule has 3 rings (SSSR count). The minimum atomic E-state index is -0.690. The quantitative estimate of drug-likeness (QED) is 0.882. The molecule has 1 aliphatic heterocycles. The molecule has 2 aromatic rings. The molecule has 0 aliphatic carbocycles. The second-order valence-corrected chi connectivity index (χ2v) is 7.45. The van der Waals surface area contributed by atoms with Crippen LogP contribution in [-0.4, -0.2) is 65.9 Å². The van der Waals surface area contributed by atoms with Crippen LogP contribution in [0.3, 0.4) is 0 Å². The van der Waals surface area contributed by atoms with Gasteiger partial charge < -0.3 is 14.7 Å². The van der Waals surface area contributed by atoms with Gasteiger partial charge in [0.2, 0.25) is 0 Å². The number of ether oxygens (including phenoxy) is 1. The molecule has 144 valence electrons. The average molecular weight is 368 g/mol. The maximum absolute atomic E-state index is 12.8. The number of hydrogen-bond donors (Lipinski definition) is 1. The number of nitrogens with zero attached hydrogens (tertiary/aromatic N) is 2. The van der Waals surface area contributed by atoms with Crippen LogP contribution in [0.25, 0.3) is 11.1 Å². The molecule has 0 bridgehead atoms. The molecule has 1 heterocycles. The first-order chi connectivity index (χ1) is 12.9. The van der Waals surface area contributed by atoms with Crippen molar-refractivity contribution in [2.75, 3.05) is 33.3 Å². The normalized spacial score (nSPS) is 17.0. The van der Waals surface area contributed by atoms with Crippen LogP contribution in [0.15, 0.2) is 54.6 Å². The molecule has 1 saturated heterocycles. The molecule has 27 heavy (non-hydrogen) atoms. The van der Waals surface area contributed by atoms with E-state index < -0.39 is 11.8 Å². The zero-order valence-corrected chi connectivity index (χ0v) is 16.3. The summed E-state index contributed by atoms with van der Waals surface area (Å²) in [6.07, 6.45) is -0.690. The molecule has 1 N–H and O–H groups in total. The van der Waals surface area contributed by atoms with Crippen molar-refractivity contribution in [2.24, 2.45) is 0 Å². The lowest BCUT2D eigenvalue weighted by Gasteiger charge is -2.42. The van der Waals surface area contributed by atoms with E-state index in [0.717, 1.165) is 11.1 Å². The van der Waals surface area contributed by atoms with Crippen molar-refractivity contribution in [1.29, 1.82) is 0 Å². The second-order valence-electron chi connectivity index (χ2n) is 7.45. The van der Waals surface area contributed by atoms with Crippen LogP contribution in [0, 0.1) is 0 Å². The van der Waals surface area contributed by atoms with Crippen molar-refractivity contribution in [2.45, 2.75) is 25.7 Å². The van der Waals surface area contributed by atoms with Crippen molar-refractivity contribution in [1.82, 2.24) is 9.80 Å². The number of amides is 1. The highest BCUT2D eigenvalue weighted by Crippen LogP contribution is 2.22. The van der Waals surface area contributed by atoms with E-state index >= 15 is 0 Å². The Morgan fingerprint density at radius 3 is 2.07 bits per heavy atom. The molecule has 0 spiro atoms. The summed E-state index contributed by atoms with van der Waals surface area (Å²) in [4.78, 5) is 16.6. The minimum absolute atomic E-state index is 0.0368. The fourth-order valence-electron chi connectivity index (χ4n) is 3.33. The summed E-state index contributed by atoms with van der Waals surface area (Å²) in [5, 5.41) is 10.5. The van der Waals surface area contributed by atoms with E-state index in [2.05, 4.69) is 12.1 Å². The van der Waals surface area contributed by atoms with Crippen LogP contribution in [0.4, 0.5) is 0 Å². The van der Waals surface area contributed by atoms with Gasteiger partial charge in [-0.1, -0.05) is 42.5 Å².